The molecule has 0 unspecified atom stereocenters. The van der Waals surface area contributed by atoms with Crippen LogP contribution >= 0.6 is 0 Å². The van der Waals surface area contributed by atoms with E-state index in [0.29, 0.717) is 0 Å². The Morgan fingerprint density at radius 2 is 2.06 bits per heavy atom. The lowest BCUT2D eigenvalue weighted by Crippen LogP contribution is -2.19. The smallest absolute Gasteiger partial charge is 0.388 e. The summed E-state index contributed by atoms with van der Waals surface area (Å²) in [4.78, 5) is 3.39. The summed E-state index contributed by atoms with van der Waals surface area (Å²) in [7, 11) is 0. The third-order valence-electron chi connectivity index (χ3n) is 2.03. The predicted molar refractivity (Wildman–Crippen MR) is 49.9 cm³/mol. The molecular weight excluding hydrogens is 259 g/mol. The molecule has 1 aromatic rings. The second-order valence-corrected chi connectivity index (χ2v) is 3.32. The second kappa shape index (κ2) is 5.16. The lowest BCUT2D eigenvalue weighted by molar-refractivity contribution is -0.276. The van der Waals surface area contributed by atoms with Crippen molar-refractivity contribution in [1.29, 1.82) is 5.26 Å². The van der Waals surface area contributed by atoms with Gasteiger partial charge in [0.25, 0.3) is 6.43 Å². The van der Waals surface area contributed by atoms with Crippen LogP contribution in [-0.2, 0) is 6.42 Å². The van der Waals surface area contributed by atoms with Crippen LogP contribution in [0.2, 0.25) is 0 Å². The molecule has 0 saturated carbocycles. The Morgan fingerprint density at radius 1 is 1.44 bits per heavy atom. The summed E-state index contributed by atoms with van der Waals surface area (Å²) in [5.74, 6) is -0.953. The zero-order chi connectivity index (χ0) is 13.9. The van der Waals surface area contributed by atoms with Crippen molar-refractivity contribution in [2.24, 2.45) is 0 Å². The van der Waals surface area contributed by atoms with Gasteiger partial charge in [-0.25, -0.2) is 13.8 Å². The van der Waals surface area contributed by atoms with Crippen molar-refractivity contribution >= 4 is 0 Å². The summed E-state index contributed by atoms with van der Waals surface area (Å²) in [5, 5.41) is 8.40. The molecule has 3 nitrogen and oxygen atoms in total. The normalized spacial score (nSPS) is 11.4. The van der Waals surface area contributed by atoms with Crippen molar-refractivity contribution in [3.63, 3.8) is 0 Å². The molecule has 0 aromatic carbocycles. The Kier molecular flexibility index (Phi) is 4.06. The van der Waals surface area contributed by atoms with Crippen LogP contribution < -0.4 is 4.74 Å². The first kappa shape index (κ1) is 14.2. The Labute approximate surface area is 98.8 Å². The molecule has 1 rings (SSSR count). The van der Waals surface area contributed by atoms with Crippen LogP contribution in [0.4, 0.5) is 22.0 Å². The molecule has 98 valence electrons. The molecule has 0 fully saturated rings. The molecular formula is C10H7F5N2O. The van der Waals surface area contributed by atoms with Crippen LogP contribution in [0.3, 0.4) is 0 Å². The van der Waals surface area contributed by atoms with Gasteiger partial charge in [0.2, 0.25) is 5.88 Å². The highest BCUT2D eigenvalue weighted by molar-refractivity contribution is 5.37. The average Bonchev–Trinajstić information content (AvgIpc) is 2.20. The molecule has 0 aliphatic carbocycles. The molecule has 0 spiro atoms. The Morgan fingerprint density at radius 3 is 2.50 bits per heavy atom. The minimum Gasteiger partial charge on any atom is -0.388 e. The number of rotatable bonds is 3. The van der Waals surface area contributed by atoms with Gasteiger partial charge in [0.05, 0.1) is 18.2 Å². The van der Waals surface area contributed by atoms with Crippen LogP contribution in [-0.4, -0.2) is 11.3 Å². The fourth-order valence-electron chi connectivity index (χ4n) is 1.26. The van der Waals surface area contributed by atoms with Crippen molar-refractivity contribution in [3.8, 4) is 11.9 Å². The van der Waals surface area contributed by atoms with E-state index >= 15 is 0 Å². The van der Waals surface area contributed by atoms with E-state index in [-0.39, 0.29) is 12.1 Å². The van der Waals surface area contributed by atoms with E-state index in [4.69, 9.17) is 5.26 Å². The number of nitriles is 1. The van der Waals surface area contributed by atoms with E-state index in [0.717, 1.165) is 13.0 Å². The lowest BCUT2D eigenvalue weighted by Gasteiger charge is -2.14. The van der Waals surface area contributed by atoms with Crippen molar-refractivity contribution < 1.29 is 26.7 Å². The van der Waals surface area contributed by atoms with Gasteiger partial charge >= 0.3 is 6.36 Å². The van der Waals surface area contributed by atoms with Gasteiger partial charge in [0.15, 0.2) is 0 Å². The van der Waals surface area contributed by atoms with Gasteiger partial charge in [-0.05, 0) is 13.0 Å². The number of halogens is 5. The van der Waals surface area contributed by atoms with E-state index in [1.54, 1.807) is 6.07 Å². The Bertz CT molecular complexity index is 478. The molecule has 0 radical (unpaired) electrons. The van der Waals surface area contributed by atoms with Gasteiger partial charge in [-0.3, -0.25) is 0 Å². The van der Waals surface area contributed by atoms with E-state index in [1.165, 1.54) is 0 Å². The summed E-state index contributed by atoms with van der Waals surface area (Å²) in [5.41, 5.74) is -1.23. The minimum absolute atomic E-state index is 0.197. The van der Waals surface area contributed by atoms with Gasteiger partial charge in [-0.1, -0.05) is 0 Å². The molecule has 0 bridgehead atoms. The number of hydrogen-bond donors (Lipinski definition) is 0. The van der Waals surface area contributed by atoms with Gasteiger partial charge in [0.1, 0.15) is 0 Å². The summed E-state index contributed by atoms with van der Waals surface area (Å²) < 4.78 is 65.0. The van der Waals surface area contributed by atoms with Gasteiger partial charge < -0.3 is 4.74 Å². The topological polar surface area (TPSA) is 45.9 Å². The molecule has 0 N–H and O–H groups in total. The molecule has 18 heavy (non-hydrogen) atoms. The largest absolute Gasteiger partial charge is 0.574 e. The van der Waals surface area contributed by atoms with Crippen molar-refractivity contribution in [3.05, 3.63) is 22.9 Å². The molecule has 0 aliphatic heterocycles. The summed E-state index contributed by atoms with van der Waals surface area (Å²) in [6.45, 7) is 1.05. The number of hydrogen-bond acceptors (Lipinski definition) is 3. The number of nitrogens with zero attached hydrogens (tertiary/aromatic N) is 2. The first-order valence-electron chi connectivity index (χ1n) is 4.66. The molecule has 0 aliphatic rings. The highest BCUT2D eigenvalue weighted by Gasteiger charge is 2.33. The van der Waals surface area contributed by atoms with Crippen molar-refractivity contribution in [1.82, 2.24) is 4.98 Å². The molecule has 1 aromatic heterocycles. The standard InChI is InChI=1S/C10H7F5N2O/c1-5-7(8(11)12)4-6(2-3-16)17-9(5)18-10(13,14)15/h4,8H,2H2,1H3. The summed E-state index contributed by atoms with van der Waals surface area (Å²) >= 11 is 0. The molecule has 0 saturated heterocycles. The van der Waals surface area contributed by atoms with Gasteiger partial charge in [-0.2, -0.15) is 5.26 Å². The number of alkyl halides is 5. The van der Waals surface area contributed by atoms with E-state index < -0.39 is 29.8 Å². The highest BCUT2D eigenvalue weighted by Crippen LogP contribution is 2.31. The molecule has 8 heteroatoms. The Balaban J connectivity index is 3.27. The maximum absolute atomic E-state index is 12.6. The van der Waals surface area contributed by atoms with Gasteiger partial charge in [0, 0.05) is 11.1 Å². The van der Waals surface area contributed by atoms with E-state index in [2.05, 4.69) is 9.72 Å². The fraction of sp³-hybridized carbons (Fsp3) is 0.400. The first-order chi connectivity index (χ1) is 8.24. The van der Waals surface area contributed by atoms with Gasteiger partial charge in [-0.15, -0.1) is 13.2 Å². The van der Waals surface area contributed by atoms with Crippen LogP contribution in [0, 0.1) is 18.3 Å². The Hall–Kier alpha value is -1.91. The minimum atomic E-state index is -5.03. The third-order valence-corrected chi connectivity index (χ3v) is 2.03. The van der Waals surface area contributed by atoms with E-state index in [9.17, 15) is 22.0 Å². The number of pyridine rings is 1. The average molecular weight is 266 g/mol. The summed E-state index contributed by atoms with van der Waals surface area (Å²) in [6.07, 6.45) is -8.38. The lowest BCUT2D eigenvalue weighted by atomic mass is 10.1. The maximum atomic E-state index is 12.6. The van der Waals surface area contributed by atoms with Crippen molar-refractivity contribution in [2.75, 3.05) is 0 Å². The van der Waals surface area contributed by atoms with E-state index in [1.807, 2.05) is 0 Å². The second-order valence-electron chi connectivity index (χ2n) is 3.32. The predicted octanol–water partition coefficient (Wildman–Crippen LogP) is 3.29. The monoisotopic (exact) mass is 266 g/mol. The zero-order valence-electron chi connectivity index (χ0n) is 9.05. The molecule has 1 heterocycles. The van der Waals surface area contributed by atoms with Crippen LogP contribution in [0.15, 0.2) is 6.07 Å². The quantitative estimate of drug-likeness (QED) is 0.788. The molecule has 0 amide bonds. The number of ether oxygens (including phenoxy) is 1. The molecule has 0 atom stereocenters. The maximum Gasteiger partial charge on any atom is 0.574 e. The van der Waals surface area contributed by atoms with Crippen LogP contribution in [0.1, 0.15) is 23.2 Å². The number of aromatic nitrogens is 1. The highest BCUT2D eigenvalue weighted by atomic mass is 19.4. The van der Waals surface area contributed by atoms with Crippen molar-refractivity contribution in [2.45, 2.75) is 26.1 Å². The third kappa shape index (κ3) is 3.55. The van der Waals surface area contributed by atoms with Crippen LogP contribution in [0.5, 0.6) is 5.88 Å². The zero-order valence-corrected chi connectivity index (χ0v) is 9.05. The summed E-state index contributed by atoms with van der Waals surface area (Å²) in [6, 6.07) is 2.51. The SMILES string of the molecule is Cc1c(C(F)F)cc(CC#N)nc1OC(F)(F)F. The first-order valence-corrected chi connectivity index (χ1v) is 4.66. The van der Waals surface area contributed by atoms with Crippen LogP contribution in [0.25, 0.3) is 0 Å². The fourth-order valence-corrected chi connectivity index (χ4v) is 1.26.